The third kappa shape index (κ3) is 2.74. The third-order valence-electron chi connectivity index (χ3n) is 2.50. The zero-order valence-electron chi connectivity index (χ0n) is 10.0. The van der Waals surface area contributed by atoms with Crippen LogP contribution < -0.4 is 5.32 Å². The normalized spacial score (nSPS) is 10.6. The van der Waals surface area contributed by atoms with E-state index >= 15 is 0 Å². The highest BCUT2D eigenvalue weighted by molar-refractivity contribution is 6.28. The zero-order chi connectivity index (χ0) is 12.4. The molecule has 0 aliphatic heterocycles. The minimum absolute atomic E-state index is 0.251. The van der Waals surface area contributed by atoms with E-state index in [1.54, 1.807) is 10.9 Å². The summed E-state index contributed by atoms with van der Waals surface area (Å²) in [4.78, 5) is 8.05. The fourth-order valence-corrected chi connectivity index (χ4v) is 1.73. The van der Waals surface area contributed by atoms with Crippen molar-refractivity contribution in [1.82, 2.24) is 19.7 Å². The second-order valence-corrected chi connectivity index (χ2v) is 4.28. The monoisotopic (exact) mass is 251 g/mol. The molecule has 0 unspecified atom stereocenters. The predicted molar refractivity (Wildman–Crippen MR) is 67.1 cm³/mol. The van der Waals surface area contributed by atoms with E-state index in [1.165, 1.54) is 0 Å². The molecule has 0 fully saturated rings. The molecule has 2 aromatic rings. The molecule has 0 aliphatic rings. The fourth-order valence-electron chi connectivity index (χ4n) is 1.60. The Morgan fingerprint density at radius 1 is 1.41 bits per heavy atom. The molecule has 2 heterocycles. The Balaban J connectivity index is 2.12. The lowest BCUT2D eigenvalue weighted by Crippen LogP contribution is -2.04. The van der Waals surface area contributed by atoms with Crippen LogP contribution >= 0.6 is 11.6 Å². The van der Waals surface area contributed by atoms with Gasteiger partial charge in [0.2, 0.25) is 5.28 Å². The molecule has 1 N–H and O–H groups in total. The van der Waals surface area contributed by atoms with E-state index in [1.807, 2.05) is 27.1 Å². The van der Waals surface area contributed by atoms with Crippen LogP contribution in [0.3, 0.4) is 0 Å². The number of anilines is 1. The van der Waals surface area contributed by atoms with Gasteiger partial charge in [-0.05, 0) is 25.4 Å². The van der Waals surface area contributed by atoms with Crippen LogP contribution in [0.2, 0.25) is 5.28 Å². The van der Waals surface area contributed by atoms with Crippen molar-refractivity contribution in [2.45, 2.75) is 20.4 Å². The molecule has 6 heteroatoms. The number of hydrogen-bond acceptors (Lipinski definition) is 4. The van der Waals surface area contributed by atoms with Crippen molar-refractivity contribution >= 4 is 17.4 Å². The Labute approximate surface area is 105 Å². The van der Waals surface area contributed by atoms with E-state index < -0.39 is 0 Å². The first kappa shape index (κ1) is 11.9. The van der Waals surface area contributed by atoms with Crippen molar-refractivity contribution in [3.8, 4) is 0 Å². The molecule has 0 atom stereocenters. The van der Waals surface area contributed by atoms with E-state index in [-0.39, 0.29) is 5.28 Å². The highest BCUT2D eigenvalue weighted by Crippen LogP contribution is 2.14. The SMILES string of the molecule is Cc1cnc(Cl)nc1NCc1cn(C)nc1C. The topological polar surface area (TPSA) is 55.6 Å². The third-order valence-corrected chi connectivity index (χ3v) is 2.69. The molecule has 0 amide bonds. The van der Waals surface area contributed by atoms with Gasteiger partial charge < -0.3 is 5.32 Å². The molecule has 0 bridgehead atoms. The highest BCUT2D eigenvalue weighted by Gasteiger charge is 2.05. The number of rotatable bonds is 3. The van der Waals surface area contributed by atoms with E-state index in [4.69, 9.17) is 11.6 Å². The molecule has 0 radical (unpaired) electrons. The molecule has 2 aromatic heterocycles. The summed E-state index contributed by atoms with van der Waals surface area (Å²) >= 11 is 5.76. The van der Waals surface area contributed by atoms with Gasteiger partial charge in [0.25, 0.3) is 0 Å². The van der Waals surface area contributed by atoms with Gasteiger partial charge in [-0.25, -0.2) is 9.97 Å². The average molecular weight is 252 g/mol. The zero-order valence-corrected chi connectivity index (χ0v) is 10.8. The smallest absolute Gasteiger partial charge is 0.224 e. The second kappa shape index (κ2) is 4.71. The second-order valence-electron chi connectivity index (χ2n) is 3.94. The summed E-state index contributed by atoms with van der Waals surface area (Å²) in [6.45, 7) is 4.60. The van der Waals surface area contributed by atoms with Crippen LogP contribution in [0.4, 0.5) is 5.82 Å². The molecule has 0 spiro atoms. The Kier molecular flexibility index (Phi) is 3.28. The van der Waals surface area contributed by atoms with Gasteiger partial charge in [-0.3, -0.25) is 4.68 Å². The Morgan fingerprint density at radius 3 is 2.82 bits per heavy atom. The largest absolute Gasteiger partial charge is 0.365 e. The average Bonchev–Trinajstić information content (AvgIpc) is 2.59. The molecule has 2 rings (SSSR count). The molecule has 0 aliphatic carbocycles. The summed E-state index contributed by atoms with van der Waals surface area (Å²) in [7, 11) is 1.91. The van der Waals surface area contributed by atoms with Crippen molar-refractivity contribution in [2.75, 3.05) is 5.32 Å². The molecule has 17 heavy (non-hydrogen) atoms. The van der Waals surface area contributed by atoms with Crippen molar-refractivity contribution in [3.05, 3.63) is 34.5 Å². The van der Waals surface area contributed by atoms with Gasteiger partial charge in [-0.15, -0.1) is 0 Å². The van der Waals surface area contributed by atoms with Crippen LogP contribution in [0.5, 0.6) is 0 Å². The molecule has 0 aromatic carbocycles. The van der Waals surface area contributed by atoms with Crippen LogP contribution in [0.1, 0.15) is 16.8 Å². The van der Waals surface area contributed by atoms with E-state index in [0.717, 1.165) is 22.6 Å². The molecule has 0 saturated heterocycles. The maximum absolute atomic E-state index is 5.76. The summed E-state index contributed by atoms with van der Waals surface area (Å²) in [5.41, 5.74) is 3.12. The summed E-state index contributed by atoms with van der Waals surface area (Å²) < 4.78 is 1.80. The maximum atomic E-state index is 5.76. The fraction of sp³-hybridized carbons (Fsp3) is 0.364. The first-order valence-electron chi connectivity index (χ1n) is 5.28. The lowest BCUT2D eigenvalue weighted by molar-refractivity contribution is 0.756. The summed E-state index contributed by atoms with van der Waals surface area (Å²) in [5, 5.41) is 7.77. The summed E-state index contributed by atoms with van der Waals surface area (Å²) in [6.07, 6.45) is 3.69. The number of hydrogen-bond donors (Lipinski definition) is 1. The number of nitrogens with zero attached hydrogens (tertiary/aromatic N) is 4. The number of halogens is 1. The van der Waals surface area contributed by atoms with Gasteiger partial charge in [0.05, 0.1) is 5.69 Å². The van der Waals surface area contributed by atoms with Gasteiger partial charge in [0, 0.05) is 37.1 Å². The van der Waals surface area contributed by atoms with Crippen LogP contribution in [-0.4, -0.2) is 19.7 Å². The Morgan fingerprint density at radius 2 is 2.18 bits per heavy atom. The first-order valence-corrected chi connectivity index (χ1v) is 5.66. The van der Waals surface area contributed by atoms with Crippen molar-refractivity contribution < 1.29 is 0 Å². The van der Waals surface area contributed by atoms with Gasteiger partial charge in [0.15, 0.2) is 0 Å². The van der Waals surface area contributed by atoms with E-state index in [9.17, 15) is 0 Å². The molecule has 90 valence electrons. The quantitative estimate of drug-likeness (QED) is 0.849. The minimum Gasteiger partial charge on any atom is -0.365 e. The maximum Gasteiger partial charge on any atom is 0.224 e. The molecule has 0 saturated carbocycles. The van der Waals surface area contributed by atoms with Crippen molar-refractivity contribution in [3.63, 3.8) is 0 Å². The van der Waals surface area contributed by atoms with Gasteiger partial charge >= 0.3 is 0 Å². The van der Waals surface area contributed by atoms with Gasteiger partial charge in [-0.1, -0.05) is 0 Å². The molecular weight excluding hydrogens is 238 g/mol. The van der Waals surface area contributed by atoms with Crippen LogP contribution in [0.15, 0.2) is 12.4 Å². The Bertz CT molecular complexity index is 535. The predicted octanol–water partition coefficient (Wildman–Crippen LogP) is 2.09. The van der Waals surface area contributed by atoms with E-state index in [0.29, 0.717) is 6.54 Å². The molecular formula is C11H14ClN5. The lowest BCUT2D eigenvalue weighted by atomic mass is 10.2. The highest BCUT2D eigenvalue weighted by atomic mass is 35.5. The number of aryl methyl sites for hydroxylation is 3. The lowest BCUT2D eigenvalue weighted by Gasteiger charge is -2.07. The summed E-state index contributed by atoms with van der Waals surface area (Å²) in [6, 6.07) is 0. The Hall–Kier alpha value is -1.62. The van der Waals surface area contributed by atoms with Crippen molar-refractivity contribution in [2.24, 2.45) is 7.05 Å². The van der Waals surface area contributed by atoms with Crippen LogP contribution in [-0.2, 0) is 13.6 Å². The summed E-state index contributed by atoms with van der Waals surface area (Å²) in [5.74, 6) is 0.758. The number of nitrogens with one attached hydrogen (secondary N) is 1. The van der Waals surface area contributed by atoms with Gasteiger partial charge in [0.1, 0.15) is 5.82 Å². The van der Waals surface area contributed by atoms with Gasteiger partial charge in [-0.2, -0.15) is 5.10 Å². The van der Waals surface area contributed by atoms with Crippen molar-refractivity contribution in [1.29, 1.82) is 0 Å². The standard InChI is InChI=1S/C11H14ClN5/c1-7-4-14-11(12)15-10(7)13-5-9-6-17(3)16-8(9)2/h4,6H,5H2,1-3H3,(H,13,14,15). The molecule has 5 nitrogen and oxygen atoms in total. The first-order chi connectivity index (χ1) is 8.06. The van der Waals surface area contributed by atoms with E-state index in [2.05, 4.69) is 20.4 Å². The minimum atomic E-state index is 0.251. The van der Waals surface area contributed by atoms with Crippen LogP contribution in [0.25, 0.3) is 0 Å². The number of aromatic nitrogens is 4. The van der Waals surface area contributed by atoms with Crippen LogP contribution in [0, 0.1) is 13.8 Å².